The summed E-state index contributed by atoms with van der Waals surface area (Å²) in [6.07, 6.45) is 6.45. The molecule has 3 N–H and O–H groups in total. The van der Waals surface area contributed by atoms with E-state index < -0.39 is 0 Å². The Morgan fingerprint density at radius 2 is 2.05 bits per heavy atom. The minimum absolute atomic E-state index is 0.576. The molecule has 0 spiro atoms. The predicted molar refractivity (Wildman–Crippen MR) is 79.0 cm³/mol. The largest absolute Gasteiger partial charge is 0.308 e. The Morgan fingerprint density at radius 3 is 2.71 bits per heavy atom. The highest BCUT2D eigenvalue weighted by atomic mass is 32.2. The van der Waals surface area contributed by atoms with Crippen LogP contribution in [0.1, 0.15) is 49.0 Å². The van der Waals surface area contributed by atoms with Crippen molar-refractivity contribution in [3.8, 4) is 0 Å². The van der Waals surface area contributed by atoms with Crippen LogP contribution in [-0.4, -0.2) is 24.7 Å². The molecule has 0 unspecified atom stereocenters. The highest BCUT2D eigenvalue weighted by molar-refractivity contribution is 7.99. The van der Waals surface area contributed by atoms with Gasteiger partial charge in [0.05, 0.1) is 0 Å². The third kappa shape index (κ3) is 2.38. The van der Waals surface area contributed by atoms with Gasteiger partial charge < -0.3 is 9.99 Å². The highest BCUT2D eigenvalue weighted by Gasteiger charge is 2.36. The maximum absolute atomic E-state index is 5.47. The van der Waals surface area contributed by atoms with Crippen molar-refractivity contribution >= 4 is 17.6 Å². The maximum Gasteiger partial charge on any atom is 0.197 e. The first-order valence-electron chi connectivity index (χ1n) is 7.18. The summed E-state index contributed by atoms with van der Waals surface area (Å²) in [5.41, 5.74) is 3.53. The van der Waals surface area contributed by atoms with Gasteiger partial charge in [-0.3, -0.25) is 0 Å². The van der Waals surface area contributed by atoms with Gasteiger partial charge in [-0.2, -0.15) is 0 Å². The van der Waals surface area contributed by atoms with Gasteiger partial charge in [0.1, 0.15) is 23.0 Å². The minimum atomic E-state index is 0.576. The molecule has 2 aliphatic rings. The lowest BCUT2D eigenvalue weighted by Crippen LogP contribution is -2.11. The highest BCUT2D eigenvalue weighted by Crippen LogP contribution is 2.46. The average Bonchev–Trinajstić information content (AvgIpc) is 3.40. The molecule has 0 amide bonds. The molecule has 2 heterocycles. The van der Waals surface area contributed by atoms with Crippen molar-refractivity contribution in [3.05, 3.63) is 17.7 Å². The van der Waals surface area contributed by atoms with Crippen molar-refractivity contribution in [2.45, 2.75) is 54.7 Å². The van der Waals surface area contributed by atoms with Crippen LogP contribution in [-0.2, 0) is 0 Å². The number of nitrogen functional groups attached to an aromatic ring is 1. The molecule has 0 aliphatic heterocycles. The Bertz CT molecular complexity index is 675. The standard InChI is InChI=1S/C13H17N7S/c1-7-10(17-14)15-6-16-12(7)21-13-19-18-11(8-2-3-8)20(13)9-4-5-9/h6,8-9H,2-5,14H2,1H3,(H,15,16,17). The van der Waals surface area contributed by atoms with Gasteiger partial charge in [-0.05, 0) is 44.4 Å². The summed E-state index contributed by atoms with van der Waals surface area (Å²) in [5, 5.41) is 10.6. The molecule has 0 bridgehead atoms. The van der Waals surface area contributed by atoms with Crippen molar-refractivity contribution < 1.29 is 0 Å². The van der Waals surface area contributed by atoms with Gasteiger partial charge >= 0.3 is 0 Å². The molecule has 2 aromatic rings. The van der Waals surface area contributed by atoms with Gasteiger partial charge in [0.2, 0.25) is 0 Å². The SMILES string of the molecule is Cc1c(NN)ncnc1Sc1nnc(C2CC2)n1C1CC1. The normalized spacial score (nSPS) is 18.0. The van der Waals surface area contributed by atoms with Gasteiger partial charge in [0.15, 0.2) is 5.16 Å². The quantitative estimate of drug-likeness (QED) is 0.495. The van der Waals surface area contributed by atoms with Crippen LogP contribution in [0.4, 0.5) is 5.82 Å². The summed E-state index contributed by atoms with van der Waals surface area (Å²) in [6, 6.07) is 0.576. The van der Waals surface area contributed by atoms with Crippen LogP contribution in [0, 0.1) is 6.92 Å². The summed E-state index contributed by atoms with van der Waals surface area (Å²) < 4.78 is 2.32. The molecule has 0 saturated heterocycles. The molecule has 4 rings (SSSR count). The lowest BCUT2D eigenvalue weighted by Gasteiger charge is -2.10. The van der Waals surface area contributed by atoms with Crippen molar-refractivity contribution in [1.29, 1.82) is 0 Å². The Labute approximate surface area is 126 Å². The van der Waals surface area contributed by atoms with Gasteiger partial charge in [-0.15, -0.1) is 10.2 Å². The van der Waals surface area contributed by atoms with E-state index in [1.807, 2.05) is 6.92 Å². The third-order valence-electron chi connectivity index (χ3n) is 3.91. The summed E-state index contributed by atoms with van der Waals surface area (Å²) in [5.74, 6) is 7.88. The molecule has 2 aliphatic carbocycles. The molecule has 21 heavy (non-hydrogen) atoms. The van der Waals surface area contributed by atoms with E-state index in [4.69, 9.17) is 5.84 Å². The lowest BCUT2D eigenvalue weighted by atomic mass is 10.3. The predicted octanol–water partition coefficient (Wildman–Crippen LogP) is 2.03. The second kappa shape index (κ2) is 4.96. The number of nitrogens with two attached hydrogens (primary N) is 1. The molecular weight excluding hydrogens is 286 g/mol. The first-order valence-corrected chi connectivity index (χ1v) is 8.00. The number of hydrazine groups is 1. The molecular formula is C13H17N7S. The van der Waals surface area contributed by atoms with Gasteiger partial charge in [-0.1, -0.05) is 0 Å². The van der Waals surface area contributed by atoms with Gasteiger partial charge in [-0.25, -0.2) is 15.8 Å². The first kappa shape index (κ1) is 13.0. The molecule has 2 aromatic heterocycles. The topological polar surface area (TPSA) is 94.5 Å². The molecule has 0 radical (unpaired) electrons. The van der Waals surface area contributed by atoms with E-state index in [0.29, 0.717) is 17.8 Å². The van der Waals surface area contributed by atoms with Crippen LogP contribution in [0.15, 0.2) is 16.5 Å². The van der Waals surface area contributed by atoms with Gasteiger partial charge in [0.25, 0.3) is 0 Å². The number of hydrogen-bond acceptors (Lipinski definition) is 7. The van der Waals surface area contributed by atoms with E-state index >= 15 is 0 Å². The van der Waals surface area contributed by atoms with Crippen molar-refractivity contribution in [2.24, 2.45) is 5.84 Å². The summed E-state index contributed by atoms with van der Waals surface area (Å²) in [7, 11) is 0. The van der Waals surface area contributed by atoms with Crippen LogP contribution in [0.2, 0.25) is 0 Å². The number of anilines is 1. The monoisotopic (exact) mass is 303 g/mol. The van der Waals surface area contributed by atoms with E-state index in [2.05, 4.69) is 30.2 Å². The second-order valence-electron chi connectivity index (χ2n) is 5.62. The Kier molecular flexibility index (Phi) is 3.07. The molecule has 110 valence electrons. The molecule has 0 aromatic carbocycles. The summed E-state index contributed by atoms with van der Waals surface area (Å²) in [4.78, 5) is 8.46. The number of nitrogens with zero attached hydrogens (tertiary/aromatic N) is 5. The zero-order chi connectivity index (χ0) is 14.4. The average molecular weight is 303 g/mol. The lowest BCUT2D eigenvalue weighted by molar-refractivity contribution is 0.626. The maximum atomic E-state index is 5.47. The minimum Gasteiger partial charge on any atom is -0.308 e. The number of rotatable bonds is 5. The fourth-order valence-corrected chi connectivity index (χ4v) is 3.37. The third-order valence-corrected chi connectivity index (χ3v) is 4.97. The Balaban J connectivity index is 1.68. The van der Waals surface area contributed by atoms with Crippen LogP contribution >= 0.6 is 11.8 Å². The van der Waals surface area contributed by atoms with E-state index in [0.717, 1.165) is 21.6 Å². The van der Waals surface area contributed by atoms with Crippen LogP contribution in [0.3, 0.4) is 0 Å². The van der Waals surface area contributed by atoms with Crippen molar-refractivity contribution in [2.75, 3.05) is 5.43 Å². The zero-order valence-electron chi connectivity index (χ0n) is 11.8. The van der Waals surface area contributed by atoms with Crippen molar-refractivity contribution in [1.82, 2.24) is 24.7 Å². The Morgan fingerprint density at radius 1 is 1.24 bits per heavy atom. The molecule has 2 fully saturated rings. The van der Waals surface area contributed by atoms with E-state index in [1.54, 1.807) is 11.8 Å². The number of aromatic nitrogens is 5. The molecule has 0 atom stereocenters. The molecule has 8 heteroatoms. The van der Waals surface area contributed by atoms with Gasteiger partial charge in [0, 0.05) is 17.5 Å². The molecule has 2 saturated carbocycles. The van der Waals surface area contributed by atoms with E-state index in [1.165, 1.54) is 32.0 Å². The Hall–Kier alpha value is -1.67. The smallest absolute Gasteiger partial charge is 0.197 e. The van der Waals surface area contributed by atoms with E-state index in [9.17, 15) is 0 Å². The fraction of sp³-hybridized carbons (Fsp3) is 0.538. The number of nitrogens with one attached hydrogen (secondary N) is 1. The summed E-state index contributed by atoms with van der Waals surface area (Å²) >= 11 is 1.55. The van der Waals surface area contributed by atoms with Crippen molar-refractivity contribution in [3.63, 3.8) is 0 Å². The first-order chi connectivity index (χ1) is 10.3. The van der Waals surface area contributed by atoms with Crippen LogP contribution in [0.5, 0.6) is 0 Å². The molecule has 7 nitrogen and oxygen atoms in total. The second-order valence-corrected chi connectivity index (χ2v) is 6.57. The van der Waals surface area contributed by atoms with E-state index in [-0.39, 0.29) is 0 Å². The number of hydrogen-bond donors (Lipinski definition) is 2. The zero-order valence-corrected chi connectivity index (χ0v) is 12.6. The fourth-order valence-electron chi connectivity index (χ4n) is 2.42. The summed E-state index contributed by atoms with van der Waals surface area (Å²) in [6.45, 7) is 1.96. The van der Waals surface area contributed by atoms with Crippen LogP contribution < -0.4 is 11.3 Å². The van der Waals surface area contributed by atoms with Crippen LogP contribution in [0.25, 0.3) is 0 Å².